The Balaban J connectivity index is 1.09. The second kappa shape index (κ2) is 8.52. The highest BCUT2D eigenvalue weighted by molar-refractivity contribution is 5.94. The van der Waals surface area contributed by atoms with E-state index in [0.29, 0.717) is 24.6 Å². The number of benzene rings is 1. The smallest absolute Gasteiger partial charge is 0.231 e. The number of amides is 1. The number of rotatable bonds is 5. The molecule has 0 unspecified atom stereocenters. The third kappa shape index (κ3) is 3.94. The number of fused-ring (bicyclic) bond motifs is 1. The SMILES string of the molecule is Cc1cc(C)n(-c2cc(N3CC(C(=O)Nc4ccc(-c5ccc6nnc(C)n6n5)cc4)C3)ncn2)n1. The van der Waals surface area contributed by atoms with Gasteiger partial charge in [-0.15, -0.1) is 10.2 Å². The van der Waals surface area contributed by atoms with Crippen molar-refractivity contribution in [1.29, 1.82) is 0 Å². The fraction of sp³-hybridized carbons (Fsp3) is 0.240. The molecule has 1 aliphatic rings. The second-order valence-electron chi connectivity index (χ2n) is 8.98. The summed E-state index contributed by atoms with van der Waals surface area (Å²) in [6.07, 6.45) is 1.54. The molecule has 11 heteroatoms. The van der Waals surface area contributed by atoms with Gasteiger partial charge in [-0.25, -0.2) is 14.6 Å². The number of nitrogens with one attached hydrogen (secondary N) is 1. The fourth-order valence-electron chi connectivity index (χ4n) is 4.34. The van der Waals surface area contributed by atoms with Crippen LogP contribution in [0, 0.1) is 26.7 Å². The van der Waals surface area contributed by atoms with Crippen LogP contribution in [0.2, 0.25) is 0 Å². The minimum absolute atomic E-state index is 0.00788. The first-order valence-electron chi connectivity index (χ1n) is 11.7. The molecule has 1 N–H and O–H groups in total. The van der Waals surface area contributed by atoms with Gasteiger partial charge in [0.15, 0.2) is 17.3 Å². The number of aromatic nitrogens is 8. The van der Waals surface area contributed by atoms with Crippen molar-refractivity contribution in [1.82, 2.24) is 39.6 Å². The molecule has 0 saturated carbocycles. The topological polar surface area (TPSA) is 119 Å². The largest absolute Gasteiger partial charge is 0.355 e. The van der Waals surface area contributed by atoms with Crippen LogP contribution in [0.3, 0.4) is 0 Å². The van der Waals surface area contributed by atoms with Crippen LogP contribution < -0.4 is 10.2 Å². The van der Waals surface area contributed by atoms with Crippen molar-refractivity contribution in [2.75, 3.05) is 23.3 Å². The molecule has 0 radical (unpaired) electrons. The fourth-order valence-corrected chi connectivity index (χ4v) is 4.34. The molecule has 1 aromatic carbocycles. The van der Waals surface area contributed by atoms with E-state index in [2.05, 4.69) is 40.6 Å². The molecule has 4 aromatic heterocycles. The van der Waals surface area contributed by atoms with E-state index in [1.807, 2.05) is 69.3 Å². The lowest BCUT2D eigenvalue weighted by Crippen LogP contribution is -2.52. The number of aryl methyl sites for hydroxylation is 3. The molecule has 1 amide bonds. The standard InChI is InChI=1S/C25H24N10O/c1-15-10-16(2)34(31-15)24-11-23(26-14-27-24)33-12-19(13-33)25(36)28-20-6-4-18(5-7-20)21-8-9-22-30-29-17(3)35(22)32-21/h4-11,14,19H,12-13H2,1-3H3,(H,28,36). The van der Waals surface area contributed by atoms with E-state index < -0.39 is 0 Å². The first kappa shape index (κ1) is 21.8. The Morgan fingerprint density at radius 3 is 2.44 bits per heavy atom. The Hall–Kier alpha value is -4.67. The van der Waals surface area contributed by atoms with Gasteiger partial charge in [0.2, 0.25) is 5.91 Å². The molecule has 36 heavy (non-hydrogen) atoms. The molecular weight excluding hydrogens is 456 g/mol. The van der Waals surface area contributed by atoms with Gasteiger partial charge >= 0.3 is 0 Å². The first-order valence-corrected chi connectivity index (χ1v) is 11.7. The van der Waals surface area contributed by atoms with Crippen LogP contribution in [0.25, 0.3) is 22.7 Å². The maximum atomic E-state index is 12.8. The van der Waals surface area contributed by atoms with E-state index in [1.54, 1.807) is 9.20 Å². The van der Waals surface area contributed by atoms with Gasteiger partial charge in [0, 0.05) is 36.1 Å². The number of carbonyl (C=O) groups excluding carboxylic acids is 1. The van der Waals surface area contributed by atoms with Crippen LogP contribution in [-0.2, 0) is 4.79 Å². The Kier molecular flexibility index (Phi) is 5.17. The zero-order valence-electron chi connectivity index (χ0n) is 20.1. The van der Waals surface area contributed by atoms with E-state index in [4.69, 9.17) is 0 Å². The first-order chi connectivity index (χ1) is 17.4. The van der Waals surface area contributed by atoms with E-state index in [0.717, 1.165) is 40.0 Å². The average molecular weight is 481 g/mol. The molecule has 180 valence electrons. The number of carbonyl (C=O) groups is 1. The van der Waals surface area contributed by atoms with Crippen molar-refractivity contribution in [3.8, 4) is 17.1 Å². The van der Waals surface area contributed by atoms with Gasteiger partial charge in [-0.3, -0.25) is 4.79 Å². The highest BCUT2D eigenvalue weighted by Crippen LogP contribution is 2.26. The molecule has 0 atom stereocenters. The van der Waals surface area contributed by atoms with E-state index >= 15 is 0 Å². The Morgan fingerprint density at radius 1 is 0.917 bits per heavy atom. The van der Waals surface area contributed by atoms with E-state index in [-0.39, 0.29) is 11.8 Å². The molecule has 0 aliphatic carbocycles. The molecule has 1 saturated heterocycles. The summed E-state index contributed by atoms with van der Waals surface area (Å²) in [4.78, 5) is 23.6. The Bertz CT molecular complexity index is 1580. The molecule has 6 rings (SSSR count). The summed E-state index contributed by atoms with van der Waals surface area (Å²) in [6, 6.07) is 15.4. The van der Waals surface area contributed by atoms with Crippen LogP contribution in [-0.4, -0.2) is 58.6 Å². The minimum Gasteiger partial charge on any atom is -0.355 e. The maximum Gasteiger partial charge on any atom is 0.231 e. The summed E-state index contributed by atoms with van der Waals surface area (Å²) in [7, 11) is 0. The zero-order valence-corrected chi connectivity index (χ0v) is 20.1. The molecule has 11 nitrogen and oxygen atoms in total. The number of nitrogens with zero attached hydrogens (tertiary/aromatic N) is 9. The van der Waals surface area contributed by atoms with Crippen molar-refractivity contribution in [2.24, 2.45) is 5.92 Å². The van der Waals surface area contributed by atoms with Crippen LogP contribution in [0.5, 0.6) is 0 Å². The summed E-state index contributed by atoms with van der Waals surface area (Å²) >= 11 is 0. The van der Waals surface area contributed by atoms with Gasteiger partial charge in [-0.05, 0) is 51.1 Å². The molecule has 5 heterocycles. The number of hydrogen-bond donors (Lipinski definition) is 1. The van der Waals surface area contributed by atoms with Crippen molar-refractivity contribution >= 4 is 23.1 Å². The Morgan fingerprint density at radius 2 is 1.69 bits per heavy atom. The molecular formula is C25H24N10O. The molecule has 5 aromatic rings. The van der Waals surface area contributed by atoms with Gasteiger partial charge in [0.1, 0.15) is 12.1 Å². The van der Waals surface area contributed by atoms with Gasteiger partial charge < -0.3 is 10.2 Å². The predicted molar refractivity (Wildman–Crippen MR) is 134 cm³/mol. The molecule has 0 spiro atoms. The third-order valence-electron chi connectivity index (χ3n) is 6.31. The van der Waals surface area contributed by atoms with Gasteiger partial charge in [-0.2, -0.15) is 14.7 Å². The summed E-state index contributed by atoms with van der Waals surface area (Å²) < 4.78 is 3.51. The summed E-state index contributed by atoms with van der Waals surface area (Å²) in [5.41, 5.74) is 5.15. The molecule has 0 bridgehead atoms. The second-order valence-corrected chi connectivity index (χ2v) is 8.98. The minimum atomic E-state index is -0.113. The average Bonchev–Trinajstić information content (AvgIpc) is 3.39. The maximum absolute atomic E-state index is 12.8. The van der Waals surface area contributed by atoms with Crippen molar-refractivity contribution in [2.45, 2.75) is 20.8 Å². The predicted octanol–water partition coefficient (Wildman–Crippen LogP) is 2.77. The lowest BCUT2D eigenvalue weighted by molar-refractivity contribution is -0.120. The van der Waals surface area contributed by atoms with Crippen molar-refractivity contribution in [3.05, 3.63) is 72.1 Å². The van der Waals surface area contributed by atoms with Gasteiger partial charge in [0.25, 0.3) is 0 Å². The molecule has 1 aliphatic heterocycles. The quantitative estimate of drug-likeness (QED) is 0.408. The number of anilines is 2. The van der Waals surface area contributed by atoms with Gasteiger partial charge in [0.05, 0.1) is 17.3 Å². The summed E-state index contributed by atoms with van der Waals surface area (Å²) in [5, 5.41) is 20.2. The number of hydrogen-bond acceptors (Lipinski definition) is 8. The van der Waals surface area contributed by atoms with Crippen LogP contribution >= 0.6 is 0 Å². The normalized spacial score (nSPS) is 13.7. The van der Waals surface area contributed by atoms with Crippen LogP contribution in [0.1, 0.15) is 17.2 Å². The van der Waals surface area contributed by atoms with Crippen LogP contribution in [0.4, 0.5) is 11.5 Å². The lowest BCUT2D eigenvalue weighted by Gasteiger charge is -2.39. The highest BCUT2D eigenvalue weighted by atomic mass is 16.2. The Labute approximate surface area is 206 Å². The zero-order chi connectivity index (χ0) is 24.8. The van der Waals surface area contributed by atoms with E-state index in [1.165, 1.54) is 6.33 Å². The lowest BCUT2D eigenvalue weighted by atomic mass is 9.99. The van der Waals surface area contributed by atoms with Crippen molar-refractivity contribution in [3.63, 3.8) is 0 Å². The van der Waals surface area contributed by atoms with Gasteiger partial charge in [-0.1, -0.05) is 12.1 Å². The summed E-state index contributed by atoms with van der Waals surface area (Å²) in [6.45, 7) is 7.00. The van der Waals surface area contributed by atoms with Crippen LogP contribution in [0.15, 0.2) is 54.9 Å². The molecule has 1 fully saturated rings. The van der Waals surface area contributed by atoms with Crippen molar-refractivity contribution < 1.29 is 4.79 Å². The monoisotopic (exact) mass is 480 g/mol. The summed E-state index contributed by atoms with van der Waals surface area (Å²) in [5.74, 6) is 2.11. The van der Waals surface area contributed by atoms with E-state index in [9.17, 15) is 4.79 Å². The third-order valence-corrected chi connectivity index (χ3v) is 6.31. The highest BCUT2D eigenvalue weighted by Gasteiger charge is 2.33.